The Morgan fingerprint density at radius 2 is 1.97 bits per heavy atom. The van der Waals surface area contributed by atoms with Crippen molar-refractivity contribution in [3.8, 4) is 28.3 Å². The molecule has 1 fully saturated rings. The van der Waals surface area contributed by atoms with Crippen LogP contribution in [0.5, 0.6) is 0 Å². The van der Waals surface area contributed by atoms with Gasteiger partial charge in [-0.3, -0.25) is 9.56 Å². The highest BCUT2D eigenvalue weighted by molar-refractivity contribution is 5.87. The summed E-state index contributed by atoms with van der Waals surface area (Å²) in [4.78, 5) is 11.9. The maximum atomic E-state index is 13.5. The van der Waals surface area contributed by atoms with Crippen LogP contribution in [0.3, 0.4) is 0 Å². The smallest absolute Gasteiger partial charge is 0.161 e. The molecule has 0 spiro atoms. The molecule has 2 aromatic heterocycles. The van der Waals surface area contributed by atoms with Gasteiger partial charge in [-0.1, -0.05) is 26.0 Å². The lowest BCUT2D eigenvalue weighted by Gasteiger charge is -2.21. The number of aromatic nitrogens is 3. The third-order valence-electron chi connectivity index (χ3n) is 7.64. The molecule has 1 saturated heterocycles. The molecule has 0 bridgehead atoms. The second kappa shape index (κ2) is 9.63. The van der Waals surface area contributed by atoms with E-state index < -0.39 is 0 Å². The monoisotopic (exact) mass is 497 g/mol. The van der Waals surface area contributed by atoms with Crippen LogP contribution in [0.4, 0.5) is 10.1 Å². The van der Waals surface area contributed by atoms with Gasteiger partial charge < -0.3 is 14.6 Å². The van der Waals surface area contributed by atoms with Crippen LogP contribution in [0.1, 0.15) is 25.8 Å². The highest BCUT2D eigenvalue weighted by atomic mass is 19.1. The highest BCUT2D eigenvalue weighted by Gasteiger charge is 2.25. The van der Waals surface area contributed by atoms with Crippen molar-refractivity contribution in [3.05, 3.63) is 78.5 Å². The Labute approximate surface area is 216 Å². The molecule has 2 aliphatic heterocycles. The standard InChI is InChI=1S/C30H32FN5O/c1-20(2)27(19-37)33-15-21-9-11-34(16-21)26-7-8-28-24(13-26)18-35-17-23(22-3-5-25(31)6-4-22)14-29(35)30-32-10-12-36(28)30/h3-8,10,12-14,17,20-21,37H,9,11,15-16,18-19H2,1-2H3/t21-/m1/s1. The summed E-state index contributed by atoms with van der Waals surface area (Å²) in [6, 6.07) is 15.5. The number of aliphatic hydroxyl groups is 1. The Balaban J connectivity index is 1.28. The minimum absolute atomic E-state index is 0.0411. The first-order valence-electron chi connectivity index (χ1n) is 13.0. The van der Waals surface area contributed by atoms with Crippen LogP contribution < -0.4 is 4.90 Å². The van der Waals surface area contributed by atoms with E-state index in [1.807, 2.05) is 24.5 Å². The predicted octanol–water partition coefficient (Wildman–Crippen LogP) is 5.42. The lowest BCUT2D eigenvalue weighted by atomic mass is 10.1. The maximum Gasteiger partial charge on any atom is 0.161 e. The molecule has 0 unspecified atom stereocenters. The summed E-state index contributed by atoms with van der Waals surface area (Å²) in [5, 5.41) is 9.57. The number of hydrogen-bond donors (Lipinski definition) is 1. The average Bonchev–Trinajstić information content (AvgIpc) is 3.63. The molecular formula is C30H32FN5O. The SMILES string of the molecule is CC(C)C(CO)=NC[C@H]1CCN(c2ccc3c(c2)Cn2cc(-c4ccc(F)cc4)cc2-c2nccn2-3)C1. The fourth-order valence-corrected chi connectivity index (χ4v) is 5.51. The molecule has 190 valence electrons. The van der Waals surface area contributed by atoms with Gasteiger partial charge in [-0.05, 0) is 65.8 Å². The Morgan fingerprint density at radius 3 is 2.76 bits per heavy atom. The Bertz CT molecular complexity index is 1450. The van der Waals surface area contributed by atoms with Crippen LogP contribution in [-0.4, -0.2) is 51.2 Å². The van der Waals surface area contributed by atoms with Gasteiger partial charge in [0.25, 0.3) is 0 Å². The van der Waals surface area contributed by atoms with E-state index in [9.17, 15) is 9.50 Å². The van der Waals surface area contributed by atoms with Gasteiger partial charge in [0.15, 0.2) is 5.82 Å². The zero-order valence-electron chi connectivity index (χ0n) is 21.3. The van der Waals surface area contributed by atoms with E-state index in [1.165, 1.54) is 23.4 Å². The summed E-state index contributed by atoms with van der Waals surface area (Å²) < 4.78 is 17.9. The topological polar surface area (TPSA) is 58.6 Å². The predicted molar refractivity (Wildman–Crippen MR) is 146 cm³/mol. The Kier molecular flexibility index (Phi) is 6.16. The first kappa shape index (κ1) is 23.7. The van der Waals surface area contributed by atoms with Gasteiger partial charge >= 0.3 is 0 Å². The van der Waals surface area contributed by atoms with E-state index in [0.717, 1.165) is 66.6 Å². The lowest BCUT2D eigenvalue weighted by Crippen LogP contribution is -2.21. The van der Waals surface area contributed by atoms with Gasteiger partial charge in [0, 0.05) is 61.7 Å². The number of halogens is 1. The third-order valence-corrected chi connectivity index (χ3v) is 7.64. The van der Waals surface area contributed by atoms with Crippen molar-refractivity contribution in [1.29, 1.82) is 0 Å². The van der Waals surface area contributed by atoms with Gasteiger partial charge in [-0.2, -0.15) is 0 Å². The van der Waals surface area contributed by atoms with Crippen LogP contribution in [0, 0.1) is 17.7 Å². The van der Waals surface area contributed by atoms with E-state index in [-0.39, 0.29) is 18.3 Å². The molecule has 0 aliphatic carbocycles. The van der Waals surface area contributed by atoms with E-state index in [2.05, 4.69) is 63.3 Å². The molecule has 2 aromatic carbocycles. The Hall–Kier alpha value is -3.71. The molecule has 1 atom stereocenters. The number of benzene rings is 2. The number of hydrogen-bond acceptors (Lipinski definition) is 4. The van der Waals surface area contributed by atoms with Crippen molar-refractivity contribution in [1.82, 2.24) is 14.1 Å². The fraction of sp³-hybridized carbons (Fsp3) is 0.333. The molecule has 6 rings (SSSR count). The highest BCUT2D eigenvalue weighted by Crippen LogP contribution is 2.36. The number of aliphatic hydroxyl groups excluding tert-OH is 1. The van der Waals surface area contributed by atoms with Gasteiger partial charge in [-0.25, -0.2) is 9.37 Å². The molecule has 2 aliphatic rings. The van der Waals surface area contributed by atoms with Crippen LogP contribution in [0.25, 0.3) is 28.3 Å². The molecule has 4 heterocycles. The number of aliphatic imine (C=N–C) groups is 1. The summed E-state index contributed by atoms with van der Waals surface area (Å²) >= 11 is 0. The largest absolute Gasteiger partial charge is 0.390 e. The summed E-state index contributed by atoms with van der Waals surface area (Å²) in [6.07, 6.45) is 7.11. The fourth-order valence-electron chi connectivity index (χ4n) is 5.51. The summed E-state index contributed by atoms with van der Waals surface area (Å²) in [7, 11) is 0. The molecule has 1 N–H and O–H groups in total. The number of fused-ring (bicyclic) bond motifs is 5. The first-order chi connectivity index (χ1) is 18.0. The second-order valence-corrected chi connectivity index (χ2v) is 10.4. The number of imidazole rings is 1. The number of anilines is 1. The molecule has 0 amide bonds. The van der Waals surface area contributed by atoms with Gasteiger partial charge in [0.1, 0.15) is 5.82 Å². The lowest BCUT2D eigenvalue weighted by molar-refractivity contribution is 0.350. The molecule has 6 nitrogen and oxygen atoms in total. The third kappa shape index (κ3) is 4.48. The minimum atomic E-state index is -0.230. The zero-order chi connectivity index (χ0) is 25.5. The van der Waals surface area contributed by atoms with Crippen LogP contribution in [0.15, 0.2) is 72.1 Å². The molecular weight excluding hydrogens is 465 g/mol. The van der Waals surface area contributed by atoms with E-state index in [1.54, 1.807) is 0 Å². The average molecular weight is 498 g/mol. The van der Waals surface area contributed by atoms with Crippen molar-refractivity contribution < 1.29 is 9.50 Å². The minimum Gasteiger partial charge on any atom is -0.390 e. The summed E-state index contributed by atoms with van der Waals surface area (Å²) in [6.45, 7) is 7.69. The molecule has 0 radical (unpaired) electrons. The number of nitrogens with zero attached hydrogens (tertiary/aromatic N) is 5. The quantitative estimate of drug-likeness (QED) is 0.319. The second-order valence-electron chi connectivity index (χ2n) is 10.4. The van der Waals surface area contributed by atoms with Crippen molar-refractivity contribution in [3.63, 3.8) is 0 Å². The maximum absolute atomic E-state index is 13.5. The van der Waals surface area contributed by atoms with E-state index in [4.69, 9.17) is 4.99 Å². The molecule has 4 aromatic rings. The van der Waals surface area contributed by atoms with Crippen LogP contribution in [0.2, 0.25) is 0 Å². The van der Waals surface area contributed by atoms with Crippen molar-refractivity contribution in [2.24, 2.45) is 16.8 Å². The van der Waals surface area contributed by atoms with Crippen LogP contribution >= 0.6 is 0 Å². The Morgan fingerprint density at radius 1 is 1.14 bits per heavy atom. The van der Waals surface area contributed by atoms with E-state index in [0.29, 0.717) is 5.92 Å². The molecule has 7 heteroatoms. The van der Waals surface area contributed by atoms with Gasteiger partial charge in [0.05, 0.1) is 18.0 Å². The zero-order valence-corrected chi connectivity index (χ0v) is 21.3. The normalized spacial score (nSPS) is 17.1. The first-order valence-corrected chi connectivity index (χ1v) is 13.0. The molecule has 37 heavy (non-hydrogen) atoms. The summed E-state index contributed by atoms with van der Waals surface area (Å²) in [5.41, 5.74) is 7.59. The summed E-state index contributed by atoms with van der Waals surface area (Å²) in [5.74, 6) is 1.45. The van der Waals surface area contributed by atoms with Crippen LogP contribution in [-0.2, 0) is 6.54 Å². The number of rotatable bonds is 6. The van der Waals surface area contributed by atoms with Gasteiger partial charge in [0.2, 0.25) is 0 Å². The molecule has 0 saturated carbocycles. The van der Waals surface area contributed by atoms with Gasteiger partial charge in [-0.15, -0.1) is 0 Å². The van der Waals surface area contributed by atoms with Crippen molar-refractivity contribution in [2.45, 2.75) is 26.8 Å². The van der Waals surface area contributed by atoms with E-state index >= 15 is 0 Å². The van der Waals surface area contributed by atoms with Crippen molar-refractivity contribution in [2.75, 3.05) is 31.1 Å². The van der Waals surface area contributed by atoms with Crippen molar-refractivity contribution >= 4 is 11.4 Å².